The first kappa shape index (κ1) is 8.85. The summed E-state index contributed by atoms with van der Waals surface area (Å²) in [7, 11) is 0. The maximum Gasteiger partial charge on any atom is 0.168 e. The summed E-state index contributed by atoms with van der Waals surface area (Å²) in [5.41, 5.74) is 1.31. The summed E-state index contributed by atoms with van der Waals surface area (Å²) in [6.07, 6.45) is 0.494. The number of benzene rings is 1. The van der Waals surface area contributed by atoms with Crippen LogP contribution in [0.15, 0.2) is 12.1 Å². The molecule has 0 bridgehead atoms. The van der Waals surface area contributed by atoms with Crippen LogP contribution in [-0.2, 0) is 0 Å². The highest BCUT2D eigenvalue weighted by molar-refractivity contribution is 6.38. The second kappa shape index (κ2) is 3.20. The first-order valence-electron chi connectivity index (χ1n) is 3.94. The van der Waals surface area contributed by atoms with E-state index in [2.05, 4.69) is 5.32 Å². The molecule has 0 amide bonds. The zero-order valence-electron chi connectivity index (χ0n) is 6.73. The van der Waals surface area contributed by atoms with Gasteiger partial charge in [-0.2, -0.15) is 0 Å². The number of fused-ring (bicyclic) bond motifs is 1. The number of hydrogen-bond acceptors (Lipinski definition) is 2. The molecule has 0 saturated heterocycles. The van der Waals surface area contributed by atoms with E-state index in [9.17, 15) is 4.79 Å². The maximum atomic E-state index is 11.5. The number of hydrogen-bond donors (Lipinski definition) is 1. The molecule has 0 radical (unpaired) electrons. The molecular weight excluding hydrogens is 209 g/mol. The summed E-state index contributed by atoms with van der Waals surface area (Å²) in [5.74, 6) is 0.0791. The van der Waals surface area contributed by atoms with E-state index in [1.54, 1.807) is 12.1 Å². The fraction of sp³-hybridized carbons (Fsp3) is 0.222. The lowest BCUT2D eigenvalue weighted by Crippen LogP contribution is -2.18. The maximum absolute atomic E-state index is 11.5. The van der Waals surface area contributed by atoms with E-state index in [0.717, 1.165) is 5.69 Å². The molecule has 0 atom stereocenters. The molecule has 1 aromatic carbocycles. The minimum Gasteiger partial charge on any atom is -0.384 e. The number of rotatable bonds is 0. The predicted octanol–water partition coefficient (Wildman–Crippen LogP) is 2.99. The minimum absolute atomic E-state index is 0.0791. The van der Waals surface area contributed by atoms with Crippen LogP contribution in [0.5, 0.6) is 0 Å². The van der Waals surface area contributed by atoms with Crippen LogP contribution < -0.4 is 5.32 Å². The van der Waals surface area contributed by atoms with Crippen LogP contribution >= 0.6 is 23.2 Å². The number of Topliss-reactive ketones (excluding diaryl/α,β-unsaturated/α-hetero) is 1. The van der Waals surface area contributed by atoms with E-state index < -0.39 is 0 Å². The number of carbonyl (C=O) groups is 1. The lowest BCUT2D eigenvalue weighted by Gasteiger charge is -2.18. The van der Waals surface area contributed by atoms with Crippen LogP contribution in [0.4, 0.5) is 5.69 Å². The summed E-state index contributed by atoms with van der Waals surface area (Å²) < 4.78 is 0. The van der Waals surface area contributed by atoms with Crippen LogP contribution in [-0.4, -0.2) is 12.3 Å². The van der Waals surface area contributed by atoms with Crippen molar-refractivity contribution in [2.75, 3.05) is 11.9 Å². The summed E-state index contributed by atoms with van der Waals surface area (Å²) >= 11 is 11.7. The van der Waals surface area contributed by atoms with Crippen LogP contribution in [0.3, 0.4) is 0 Å². The van der Waals surface area contributed by atoms with E-state index in [0.29, 0.717) is 28.6 Å². The lowest BCUT2D eigenvalue weighted by molar-refractivity contribution is 0.0984. The second-order valence-corrected chi connectivity index (χ2v) is 3.75. The molecule has 0 aliphatic carbocycles. The molecule has 1 aromatic rings. The van der Waals surface area contributed by atoms with E-state index in [-0.39, 0.29) is 5.78 Å². The van der Waals surface area contributed by atoms with Crippen LogP contribution in [0.2, 0.25) is 10.0 Å². The molecule has 0 spiro atoms. The van der Waals surface area contributed by atoms with Crippen LogP contribution in [0.1, 0.15) is 16.8 Å². The summed E-state index contributed by atoms with van der Waals surface area (Å²) in [5, 5.41) is 4.06. The van der Waals surface area contributed by atoms with Gasteiger partial charge in [-0.15, -0.1) is 0 Å². The number of anilines is 1. The zero-order valence-corrected chi connectivity index (χ0v) is 8.24. The molecule has 68 valence electrons. The normalized spacial score (nSPS) is 15.1. The quantitative estimate of drug-likeness (QED) is 0.722. The molecule has 0 aromatic heterocycles. The van der Waals surface area contributed by atoms with E-state index >= 15 is 0 Å². The standard InChI is InChI=1S/C9H7Cl2NO/c10-5-3-6(11)9-7(4-5)12-2-1-8(9)13/h3-4,12H,1-2H2. The molecule has 0 unspecified atom stereocenters. The van der Waals surface area contributed by atoms with Gasteiger partial charge in [0.1, 0.15) is 0 Å². The SMILES string of the molecule is O=C1CCNc2cc(Cl)cc(Cl)c21. The van der Waals surface area contributed by atoms with E-state index in [1.807, 2.05) is 0 Å². The summed E-state index contributed by atoms with van der Waals surface area (Å²) in [6.45, 7) is 0.655. The van der Waals surface area contributed by atoms with E-state index in [4.69, 9.17) is 23.2 Å². The molecule has 1 aliphatic rings. The fourth-order valence-electron chi connectivity index (χ4n) is 1.43. The molecule has 2 rings (SSSR count). The topological polar surface area (TPSA) is 29.1 Å². The van der Waals surface area contributed by atoms with Gasteiger partial charge in [-0.3, -0.25) is 4.79 Å². The Morgan fingerprint density at radius 1 is 1.31 bits per heavy atom. The third-order valence-corrected chi connectivity index (χ3v) is 2.52. The third-order valence-electron chi connectivity index (χ3n) is 2.00. The van der Waals surface area contributed by atoms with Crippen LogP contribution in [0.25, 0.3) is 0 Å². The molecule has 1 N–H and O–H groups in total. The molecular formula is C9H7Cl2NO. The molecule has 2 nitrogen and oxygen atoms in total. The van der Waals surface area contributed by atoms with Gasteiger partial charge in [0.15, 0.2) is 5.78 Å². The average Bonchev–Trinajstić information content (AvgIpc) is 2.02. The summed E-state index contributed by atoms with van der Waals surface area (Å²) in [4.78, 5) is 11.5. The van der Waals surface area contributed by atoms with Crippen molar-refractivity contribution in [1.82, 2.24) is 0 Å². The number of nitrogens with one attached hydrogen (secondary N) is 1. The van der Waals surface area contributed by atoms with Gasteiger partial charge in [0.2, 0.25) is 0 Å². The average molecular weight is 216 g/mol. The Labute approximate surface area is 85.8 Å². The Morgan fingerprint density at radius 2 is 2.08 bits per heavy atom. The number of ketones is 1. The van der Waals surface area contributed by atoms with Crippen molar-refractivity contribution in [3.05, 3.63) is 27.7 Å². The van der Waals surface area contributed by atoms with Gasteiger partial charge in [-0.05, 0) is 12.1 Å². The van der Waals surface area contributed by atoms with Gasteiger partial charge in [0.05, 0.1) is 10.6 Å². The monoisotopic (exact) mass is 215 g/mol. The first-order valence-corrected chi connectivity index (χ1v) is 4.70. The van der Waals surface area contributed by atoms with Crippen molar-refractivity contribution in [1.29, 1.82) is 0 Å². The highest BCUT2D eigenvalue weighted by atomic mass is 35.5. The zero-order chi connectivity index (χ0) is 9.42. The number of halogens is 2. The Kier molecular flexibility index (Phi) is 2.18. The van der Waals surface area contributed by atoms with Gasteiger partial charge >= 0.3 is 0 Å². The fourth-order valence-corrected chi connectivity index (χ4v) is 2.03. The minimum atomic E-state index is 0.0791. The second-order valence-electron chi connectivity index (χ2n) is 2.91. The van der Waals surface area contributed by atoms with E-state index in [1.165, 1.54) is 0 Å². The van der Waals surface area contributed by atoms with Gasteiger partial charge < -0.3 is 5.32 Å². The Morgan fingerprint density at radius 3 is 2.85 bits per heavy atom. The van der Waals surface area contributed by atoms with Gasteiger partial charge in [-0.1, -0.05) is 23.2 Å². The van der Waals surface area contributed by atoms with Gasteiger partial charge in [0, 0.05) is 23.7 Å². The van der Waals surface area contributed by atoms with Crippen molar-refractivity contribution < 1.29 is 4.79 Å². The summed E-state index contributed by atoms with van der Waals surface area (Å²) in [6, 6.07) is 3.31. The molecule has 13 heavy (non-hydrogen) atoms. The van der Waals surface area contributed by atoms with Gasteiger partial charge in [-0.25, -0.2) is 0 Å². The smallest absolute Gasteiger partial charge is 0.168 e. The highest BCUT2D eigenvalue weighted by Crippen LogP contribution is 2.32. The van der Waals surface area contributed by atoms with Crippen molar-refractivity contribution in [3.63, 3.8) is 0 Å². The molecule has 1 aliphatic heterocycles. The first-order chi connectivity index (χ1) is 6.18. The largest absolute Gasteiger partial charge is 0.384 e. The molecule has 4 heteroatoms. The van der Waals surface area contributed by atoms with Crippen molar-refractivity contribution >= 4 is 34.7 Å². The van der Waals surface area contributed by atoms with Crippen LogP contribution in [0, 0.1) is 0 Å². The number of carbonyl (C=O) groups excluding carboxylic acids is 1. The van der Waals surface area contributed by atoms with Crippen molar-refractivity contribution in [2.45, 2.75) is 6.42 Å². The van der Waals surface area contributed by atoms with Gasteiger partial charge in [0.25, 0.3) is 0 Å². The van der Waals surface area contributed by atoms with Crippen molar-refractivity contribution in [2.24, 2.45) is 0 Å². The Balaban J connectivity index is 2.63. The molecule has 0 saturated carbocycles. The Bertz CT molecular complexity index is 376. The van der Waals surface area contributed by atoms with Crippen molar-refractivity contribution in [3.8, 4) is 0 Å². The molecule has 1 heterocycles. The lowest BCUT2D eigenvalue weighted by atomic mass is 10.0. The Hall–Kier alpha value is -0.730. The highest BCUT2D eigenvalue weighted by Gasteiger charge is 2.20. The molecule has 0 fully saturated rings. The third kappa shape index (κ3) is 1.52. The predicted molar refractivity (Wildman–Crippen MR) is 53.9 cm³/mol.